The lowest BCUT2D eigenvalue weighted by atomic mass is 9.95. The number of likely N-dealkylation sites (tertiary alicyclic amines) is 1. The van der Waals surface area contributed by atoms with Gasteiger partial charge in [0.1, 0.15) is 11.9 Å². The summed E-state index contributed by atoms with van der Waals surface area (Å²) < 4.78 is 99.4. The van der Waals surface area contributed by atoms with E-state index in [1.165, 1.54) is 37.3 Å². The molecule has 0 aromatic heterocycles. The number of hydrogen-bond acceptors (Lipinski definition) is 4. The van der Waals surface area contributed by atoms with Crippen molar-refractivity contribution in [1.82, 2.24) is 4.90 Å². The number of carbonyl (C=O) groups is 1. The normalized spacial score (nSPS) is 23.8. The highest BCUT2D eigenvalue weighted by Gasteiger charge is 2.41. The lowest BCUT2D eigenvalue weighted by molar-refractivity contribution is -0.143. The molecule has 1 heterocycles. The van der Waals surface area contributed by atoms with Gasteiger partial charge < -0.3 is 14.7 Å². The molecule has 4 nitrogen and oxygen atoms in total. The van der Waals surface area contributed by atoms with E-state index in [1.807, 2.05) is 0 Å². The Morgan fingerprint density at radius 1 is 0.972 bits per heavy atom. The van der Waals surface area contributed by atoms with E-state index in [1.54, 1.807) is 4.90 Å². The Balaban J connectivity index is 1.65. The van der Waals surface area contributed by atoms with Crippen LogP contribution in [0.5, 0.6) is 0 Å². The lowest BCUT2D eigenvalue weighted by Crippen LogP contribution is -2.28. The molecule has 0 unspecified atom stereocenters. The number of aliphatic hydroxyl groups is 1. The Morgan fingerprint density at radius 2 is 1.56 bits per heavy atom. The lowest BCUT2D eigenvalue weighted by Gasteiger charge is -2.25. The molecular weight excluding hydrogens is 495 g/mol. The molecule has 0 amide bonds. The van der Waals surface area contributed by atoms with Crippen molar-refractivity contribution in [1.29, 1.82) is 0 Å². The molecule has 0 spiro atoms. The molecule has 1 N–H and O–H groups in total. The molecule has 1 aliphatic heterocycles. The number of ketones is 1. The Morgan fingerprint density at radius 3 is 2.06 bits per heavy atom. The summed E-state index contributed by atoms with van der Waals surface area (Å²) in [6, 6.07) is 6.80. The molecule has 36 heavy (non-hydrogen) atoms. The van der Waals surface area contributed by atoms with E-state index in [-0.39, 0.29) is 36.9 Å². The Bertz CT molecular complexity index is 1130. The molecule has 4 atom stereocenters. The van der Waals surface area contributed by atoms with Gasteiger partial charge in [-0.15, -0.1) is 0 Å². The van der Waals surface area contributed by atoms with Gasteiger partial charge in [-0.2, -0.15) is 26.3 Å². The van der Waals surface area contributed by atoms with Gasteiger partial charge in [0.15, 0.2) is 5.78 Å². The number of carbonyl (C=O) groups excluding carboxylic acids is 1. The average molecular weight is 517 g/mol. The van der Waals surface area contributed by atoms with Crippen LogP contribution in [0.2, 0.25) is 0 Å². The van der Waals surface area contributed by atoms with Crippen LogP contribution in [0.4, 0.5) is 30.7 Å². The third-order valence-electron chi connectivity index (χ3n) is 6.43. The average Bonchev–Trinajstić information content (AvgIpc) is 3.34. The molecule has 1 saturated heterocycles. The zero-order chi connectivity index (χ0) is 26.4. The van der Waals surface area contributed by atoms with E-state index in [2.05, 4.69) is 0 Å². The van der Waals surface area contributed by atoms with Crippen molar-refractivity contribution in [3.63, 3.8) is 0 Å². The van der Waals surface area contributed by atoms with Crippen LogP contribution in [0.3, 0.4) is 0 Å². The van der Waals surface area contributed by atoms with Crippen molar-refractivity contribution < 1.29 is 45.4 Å². The third kappa shape index (κ3) is 5.57. The molecule has 2 aromatic rings. The van der Waals surface area contributed by atoms with Gasteiger partial charge in [0.25, 0.3) is 0 Å². The third-order valence-corrected chi connectivity index (χ3v) is 6.43. The maximum Gasteiger partial charge on any atom is 0.416 e. The van der Waals surface area contributed by atoms with Gasteiger partial charge >= 0.3 is 12.4 Å². The monoisotopic (exact) mass is 517 g/mol. The van der Waals surface area contributed by atoms with Crippen LogP contribution in [-0.2, 0) is 21.9 Å². The Hall–Kier alpha value is -2.92. The molecule has 2 aliphatic rings. The summed E-state index contributed by atoms with van der Waals surface area (Å²) in [7, 11) is 0. The van der Waals surface area contributed by atoms with Gasteiger partial charge in [-0.3, -0.25) is 4.79 Å². The number of alkyl halides is 6. The Kier molecular flexibility index (Phi) is 6.91. The topological polar surface area (TPSA) is 49.8 Å². The van der Waals surface area contributed by atoms with Crippen molar-refractivity contribution in [2.75, 3.05) is 13.1 Å². The highest BCUT2D eigenvalue weighted by atomic mass is 19.4. The second-order valence-corrected chi connectivity index (χ2v) is 8.97. The number of nitrogens with zero attached hydrogens (tertiary/aromatic N) is 1. The van der Waals surface area contributed by atoms with Crippen molar-refractivity contribution in [2.24, 2.45) is 0 Å². The molecule has 2 aromatic carbocycles. The van der Waals surface area contributed by atoms with Crippen LogP contribution >= 0.6 is 0 Å². The van der Waals surface area contributed by atoms with Crippen LogP contribution in [0.1, 0.15) is 47.6 Å². The zero-order valence-electron chi connectivity index (χ0n) is 18.9. The van der Waals surface area contributed by atoms with Gasteiger partial charge in [0, 0.05) is 37.2 Å². The molecule has 0 bridgehead atoms. The summed E-state index contributed by atoms with van der Waals surface area (Å²) in [4.78, 5) is 13.5. The maximum atomic E-state index is 13.5. The first-order chi connectivity index (χ1) is 16.7. The van der Waals surface area contributed by atoms with Crippen LogP contribution < -0.4 is 0 Å². The first-order valence-corrected chi connectivity index (χ1v) is 11.1. The smallest absolute Gasteiger partial charge is 0.386 e. The first kappa shape index (κ1) is 26.2. The number of ether oxygens (including phenoxy) is 1. The number of allylic oxidation sites excluding steroid dienone is 1. The van der Waals surface area contributed by atoms with Crippen molar-refractivity contribution in [3.8, 4) is 0 Å². The predicted octanol–water partition coefficient (Wildman–Crippen LogP) is 5.63. The van der Waals surface area contributed by atoms with Crippen LogP contribution in [0, 0.1) is 5.82 Å². The minimum absolute atomic E-state index is 0.0554. The fraction of sp³-hybridized carbons (Fsp3) is 0.400. The number of aliphatic hydroxyl groups excluding tert-OH is 1. The molecule has 194 valence electrons. The fourth-order valence-corrected chi connectivity index (χ4v) is 4.62. The van der Waals surface area contributed by atoms with Crippen molar-refractivity contribution >= 4 is 5.78 Å². The summed E-state index contributed by atoms with van der Waals surface area (Å²) in [6.45, 7) is 1.72. The zero-order valence-corrected chi connectivity index (χ0v) is 18.9. The standard InChI is InChI=1S/C25H22F7NO3/c1-13(15-6-16(24(27,28)29)8-17(7-15)25(30,31)32)36-23-12-33(21-9-19(34)10-22(21)35)11-20(23)14-2-4-18(26)5-3-14/h2-9,13,20,22-23,35H,10-12H2,1H3/t13-,20-,22-,23+/m1/s1. The summed E-state index contributed by atoms with van der Waals surface area (Å²) in [6.07, 6.45) is -11.7. The van der Waals surface area contributed by atoms with Crippen LogP contribution in [-0.4, -0.2) is 41.1 Å². The Labute approximate surface area is 202 Å². The quantitative estimate of drug-likeness (QED) is 0.523. The number of rotatable bonds is 5. The van der Waals surface area contributed by atoms with Crippen molar-refractivity contribution in [2.45, 2.75) is 49.9 Å². The van der Waals surface area contributed by atoms with E-state index in [4.69, 9.17) is 4.74 Å². The van der Waals surface area contributed by atoms with E-state index in [9.17, 15) is 40.6 Å². The van der Waals surface area contributed by atoms with E-state index < -0.39 is 53.5 Å². The molecule has 4 rings (SSSR count). The number of hydrogen-bond donors (Lipinski definition) is 1. The minimum Gasteiger partial charge on any atom is -0.386 e. The molecule has 1 aliphatic carbocycles. The highest BCUT2D eigenvalue weighted by molar-refractivity contribution is 5.93. The van der Waals surface area contributed by atoms with Gasteiger partial charge in [0.05, 0.1) is 23.3 Å². The predicted molar refractivity (Wildman–Crippen MR) is 114 cm³/mol. The van der Waals surface area contributed by atoms with Crippen LogP contribution in [0.25, 0.3) is 0 Å². The molecule has 11 heteroatoms. The van der Waals surface area contributed by atoms with E-state index >= 15 is 0 Å². The van der Waals surface area contributed by atoms with Gasteiger partial charge in [-0.05, 0) is 48.4 Å². The summed E-state index contributed by atoms with van der Waals surface area (Å²) in [5, 5.41) is 10.2. The summed E-state index contributed by atoms with van der Waals surface area (Å²) in [5.74, 6) is -1.20. The van der Waals surface area contributed by atoms with Gasteiger partial charge in [-0.25, -0.2) is 4.39 Å². The second kappa shape index (κ2) is 9.51. The number of halogens is 7. The first-order valence-electron chi connectivity index (χ1n) is 11.1. The summed E-state index contributed by atoms with van der Waals surface area (Å²) >= 11 is 0. The minimum atomic E-state index is -4.99. The molecule has 1 fully saturated rings. The van der Waals surface area contributed by atoms with E-state index in [0.29, 0.717) is 23.4 Å². The van der Waals surface area contributed by atoms with Crippen LogP contribution in [0.15, 0.2) is 54.2 Å². The van der Waals surface area contributed by atoms with Crippen molar-refractivity contribution in [3.05, 3.63) is 82.3 Å². The molecule has 0 saturated carbocycles. The summed E-state index contributed by atoms with van der Waals surface area (Å²) in [5.41, 5.74) is -2.18. The fourth-order valence-electron chi connectivity index (χ4n) is 4.62. The van der Waals surface area contributed by atoms with Gasteiger partial charge in [0.2, 0.25) is 0 Å². The second-order valence-electron chi connectivity index (χ2n) is 8.97. The number of benzene rings is 2. The molecule has 0 radical (unpaired) electrons. The maximum absolute atomic E-state index is 13.5. The highest BCUT2D eigenvalue weighted by Crippen LogP contribution is 2.40. The largest absolute Gasteiger partial charge is 0.416 e. The molecular formula is C25H22F7NO3. The van der Waals surface area contributed by atoms with E-state index in [0.717, 1.165) is 0 Å². The SMILES string of the molecule is C[C@@H](O[C@H]1CN(C2=CC(=O)C[C@H]2O)C[C@@H]1c1ccc(F)cc1)c1cc(C(F)(F)F)cc(C(F)(F)F)c1. The van der Waals surface area contributed by atoms with Gasteiger partial charge in [-0.1, -0.05) is 12.1 Å².